The first-order valence-electron chi connectivity index (χ1n) is 9.99. The van der Waals surface area contributed by atoms with Crippen LogP contribution < -0.4 is 10.0 Å². The molecule has 12 heteroatoms. The number of anilines is 2. The lowest BCUT2D eigenvalue weighted by Gasteiger charge is -2.18. The highest BCUT2D eigenvalue weighted by Crippen LogP contribution is 2.22. The van der Waals surface area contributed by atoms with Crippen molar-refractivity contribution in [3.63, 3.8) is 0 Å². The average molecular weight is 481 g/mol. The van der Waals surface area contributed by atoms with E-state index in [1.165, 1.54) is 36.4 Å². The molecule has 0 bridgehead atoms. The number of nitrogens with zero attached hydrogens (tertiary/aromatic N) is 4. The van der Waals surface area contributed by atoms with Crippen molar-refractivity contribution in [1.82, 2.24) is 20.0 Å². The molecule has 2 aromatic rings. The van der Waals surface area contributed by atoms with Crippen LogP contribution in [-0.4, -0.2) is 74.0 Å². The van der Waals surface area contributed by atoms with E-state index in [0.29, 0.717) is 18.8 Å². The molecule has 2 N–H and O–H groups in total. The monoisotopic (exact) mass is 480 g/mol. The Morgan fingerprint density at radius 3 is 2.53 bits per heavy atom. The number of hydrogen-bond donors (Lipinski definition) is 2. The molecule has 32 heavy (non-hydrogen) atoms. The van der Waals surface area contributed by atoms with Crippen molar-refractivity contribution in [2.45, 2.75) is 17.7 Å². The lowest BCUT2D eigenvalue weighted by Crippen LogP contribution is -2.30. The minimum Gasteiger partial charge on any atom is -0.342 e. The number of amides is 2. The number of benzene rings is 1. The Morgan fingerprint density at radius 2 is 1.91 bits per heavy atom. The molecular formula is C20H25ClN6O4S. The van der Waals surface area contributed by atoms with E-state index in [1.54, 1.807) is 4.90 Å². The molecule has 3 rings (SSSR count). The van der Waals surface area contributed by atoms with E-state index in [1.807, 2.05) is 19.0 Å². The molecule has 0 radical (unpaired) electrons. The van der Waals surface area contributed by atoms with Gasteiger partial charge < -0.3 is 15.1 Å². The first-order chi connectivity index (χ1) is 15.1. The van der Waals surface area contributed by atoms with Gasteiger partial charge in [-0.05, 0) is 63.5 Å². The van der Waals surface area contributed by atoms with Gasteiger partial charge >= 0.3 is 0 Å². The number of likely N-dealkylation sites (tertiary alicyclic amines) is 1. The molecule has 0 spiro atoms. The number of aromatic nitrogens is 2. The van der Waals surface area contributed by atoms with E-state index in [4.69, 9.17) is 11.6 Å². The van der Waals surface area contributed by atoms with Crippen molar-refractivity contribution >= 4 is 44.9 Å². The van der Waals surface area contributed by atoms with Crippen LogP contribution in [0.5, 0.6) is 0 Å². The first kappa shape index (κ1) is 23.9. The topological polar surface area (TPSA) is 125 Å². The van der Waals surface area contributed by atoms with Gasteiger partial charge in [0.25, 0.3) is 10.0 Å². The highest BCUT2D eigenvalue weighted by atomic mass is 35.5. The molecular weight excluding hydrogens is 456 g/mol. The van der Waals surface area contributed by atoms with Gasteiger partial charge in [-0.1, -0.05) is 11.6 Å². The van der Waals surface area contributed by atoms with Crippen LogP contribution in [0.3, 0.4) is 0 Å². The Kier molecular flexibility index (Phi) is 7.64. The Morgan fingerprint density at radius 1 is 1.19 bits per heavy atom. The maximum atomic E-state index is 12.6. The van der Waals surface area contributed by atoms with E-state index >= 15 is 0 Å². The molecule has 1 saturated heterocycles. The van der Waals surface area contributed by atoms with E-state index in [2.05, 4.69) is 20.2 Å². The minimum absolute atomic E-state index is 0.00430. The predicted molar refractivity (Wildman–Crippen MR) is 121 cm³/mol. The SMILES string of the molecule is CN(C)CCCN1CC(C(=O)Nc2ccc(S(=O)(=O)Nc3ccc(Cl)nn3)cc2)CC1=O. The summed E-state index contributed by atoms with van der Waals surface area (Å²) in [5, 5.41) is 10.2. The zero-order chi connectivity index (χ0) is 23.3. The molecule has 2 heterocycles. The van der Waals surface area contributed by atoms with Crippen molar-refractivity contribution < 1.29 is 18.0 Å². The molecule has 1 aliphatic heterocycles. The fourth-order valence-corrected chi connectivity index (χ4v) is 4.37. The quantitative estimate of drug-likeness (QED) is 0.559. The normalized spacial score (nSPS) is 16.4. The Balaban J connectivity index is 1.56. The Hall–Kier alpha value is -2.76. The summed E-state index contributed by atoms with van der Waals surface area (Å²) in [6.07, 6.45) is 1.02. The summed E-state index contributed by atoms with van der Waals surface area (Å²) in [6, 6.07) is 8.54. The van der Waals surface area contributed by atoms with Gasteiger partial charge in [0.2, 0.25) is 11.8 Å². The van der Waals surface area contributed by atoms with Crippen molar-refractivity contribution in [2.24, 2.45) is 5.92 Å². The molecule has 2 amide bonds. The lowest BCUT2D eigenvalue weighted by molar-refractivity contribution is -0.128. The number of sulfonamides is 1. The summed E-state index contributed by atoms with van der Waals surface area (Å²) in [5.74, 6) is -0.691. The largest absolute Gasteiger partial charge is 0.342 e. The number of rotatable bonds is 9. The summed E-state index contributed by atoms with van der Waals surface area (Å²) < 4.78 is 27.3. The number of carbonyl (C=O) groups is 2. The molecule has 1 aromatic carbocycles. The minimum atomic E-state index is -3.88. The molecule has 0 aliphatic carbocycles. The molecule has 1 unspecified atom stereocenters. The summed E-state index contributed by atoms with van der Waals surface area (Å²) in [6.45, 7) is 1.88. The molecule has 1 atom stereocenters. The summed E-state index contributed by atoms with van der Waals surface area (Å²) in [7, 11) is 0.0655. The smallest absolute Gasteiger partial charge is 0.263 e. The molecule has 172 valence electrons. The van der Waals surface area contributed by atoms with Gasteiger partial charge in [-0.25, -0.2) is 8.42 Å². The third-order valence-corrected chi connectivity index (χ3v) is 6.49. The van der Waals surface area contributed by atoms with Crippen LogP contribution >= 0.6 is 11.6 Å². The van der Waals surface area contributed by atoms with Gasteiger partial charge in [-0.3, -0.25) is 14.3 Å². The zero-order valence-corrected chi connectivity index (χ0v) is 19.4. The van der Waals surface area contributed by atoms with Crippen LogP contribution in [0.1, 0.15) is 12.8 Å². The number of halogens is 1. The molecule has 1 fully saturated rings. The lowest BCUT2D eigenvalue weighted by atomic mass is 10.1. The second-order valence-corrected chi connectivity index (χ2v) is 9.83. The van der Waals surface area contributed by atoms with Crippen molar-refractivity contribution in [1.29, 1.82) is 0 Å². The van der Waals surface area contributed by atoms with E-state index < -0.39 is 15.9 Å². The van der Waals surface area contributed by atoms with Crippen LogP contribution in [0, 0.1) is 5.92 Å². The number of carbonyl (C=O) groups excluding carboxylic acids is 2. The summed E-state index contributed by atoms with van der Waals surface area (Å²) in [5.41, 5.74) is 0.443. The maximum absolute atomic E-state index is 12.6. The van der Waals surface area contributed by atoms with Gasteiger partial charge in [0, 0.05) is 25.2 Å². The third-order valence-electron chi connectivity index (χ3n) is 4.92. The average Bonchev–Trinajstić information content (AvgIpc) is 3.10. The predicted octanol–water partition coefficient (Wildman–Crippen LogP) is 1.67. The van der Waals surface area contributed by atoms with E-state index in [-0.39, 0.29) is 34.1 Å². The molecule has 0 saturated carbocycles. The van der Waals surface area contributed by atoms with Gasteiger partial charge in [0.1, 0.15) is 0 Å². The number of hydrogen-bond acceptors (Lipinski definition) is 7. The van der Waals surface area contributed by atoms with Gasteiger partial charge in [-0.15, -0.1) is 10.2 Å². The number of nitrogens with one attached hydrogen (secondary N) is 2. The maximum Gasteiger partial charge on any atom is 0.263 e. The van der Waals surface area contributed by atoms with E-state index in [0.717, 1.165) is 13.0 Å². The summed E-state index contributed by atoms with van der Waals surface area (Å²) in [4.78, 5) is 28.5. The fourth-order valence-electron chi connectivity index (χ4n) is 3.27. The van der Waals surface area contributed by atoms with Crippen molar-refractivity contribution in [2.75, 3.05) is 43.8 Å². The van der Waals surface area contributed by atoms with Gasteiger partial charge in [0.15, 0.2) is 11.0 Å². The Bertz CT molecular complexity index is 1060. The first-order valence-corrected chi connectivity index (χ1v) is 11.9. The van der Waals surface area contributed by atoms with Crippen LogP contribution in [-0.2, 0) is 19.6 Å². The highest BCUT2D eigenvalue weighted by Gasteiger charge is 2.34. The standard InChI is InChI=1S/C20H25ClN6O4S/c1-26(2)10-3-11-27-13-14(12-19(27)28)20(29)22-15-4-6-16(7-5-15)32(30,31)25-18-9-8-17(21)23-24-18/h4-9,14H,3,10-13H2,1-2H3,(H,22,29)(H,24,25). The van der Waals surface area contributed by atoms with Crippen molar-refractivity contribution in [3.8, 4) is 0 Å². The van der Waals surface area contributed by atoms with Gasteiger partial charge in [-0.2, -0.15) is 0 Å². The Labute approximate surface area is 192 Å². The third kappa shape index (κ3) is 6.38. The van der Waals surface area contributed by atoms with E-state index in [9.17, 15) is 18.0 Å². The van der Waals surface area contributed by atoms with Crippen LogP contribution in [0.15, 0.2) is 41.3 Å². The molecule has 1 aliphatic rings. The van der Waals surface area contributed by atoms with Crippen LogP contribution in [0.25, 0.3) is 0 Å². The second kappa shape index (κ2) is 10.2. The second-order valence-electron chi connectivity index (χ2n) is 7.76. The van der Waals surface area contributed by atoms with Crippen LogP contribution in [0.4, 0.5) is 11.5 Å². The molecule has 10 nitrogen and oxygen atoms in total. The summed E-state index contributed by atoms with van der Waals surface area (Å²) >= 11 is 5.65. The zero-order valence-electron chi connectivity index (χ0n) is 17.8. The fraction of sp³-hybridized carbons (Fsp3) is 0.400. The van der Waals surface area contributed by atoms with Gasteiger partial charge in [0.05, 0.1) is 10.8 Å². The van der Waals surface area contributed by atoms with Crippen LogP contribution in [0.2, 0.25) is 5.15 Å². The van der Waals surface area contributed by atoms with Crippen molar-refractivity contribution in [3.05, 3.63) is 41.6 Å². The highest BCUT2D eigenvalue weighted by molar-refractivity contribution is 7.92. The molecule has 1 aromatic heterocycles.